The number of carbonyl (C=O) groups excluding carboxylic acids is 1. The Labute approximate surface area is 140 Å². The predicted octanol–water partition coefficient (Wildman–Crippen LogP) is 4.78. The van der Waals surface area contributed by atoms with Gasteiger partial charge in [-0.15, -0.1) is 11.3 Å². The van der Waals surface area contributed by atoms with Gasteiger partial charge in [-0.1, -0.05) is 31.7 Å². The maximum Gasteiger partial charge on any atom is 0.213 e. The minimum absolute atomic E-state index is 0.587. The first-order valence-corrected chi connectivity index (χ1v) is 8.17. The molecule has 0 radical (unpaired) electrons. The largest absolute Gasteiger partial charge is 0.305 e. The van der Waals surface area contributed by atoms with Gasteiger partial charge in [0, 0.05) is 22.9 Å². The number of aliphatic imine (C=N–C) groups is 1. The van der Waals surface area contributed by atoms with Gasteiger partial charge >= 0.3 is 0 Å². The summed E-state index contributed by atoms with van der Waals surface area (Å²) in [6.45, 7) is 8.16. The van der Waals surface area contributed by atoms with Crippen LogP contribution in [-0.4, -0.2) is 17.1 Å². The zero-order chi connectivity index (χ0) is 16.7. The Kier molecular flexibility index (Phi) is 6.00. The average molecular weight is 325 g/mol. The third-order valence-corrected chi connectivity index (χ3v) is 4.07. The second kappa shape index (κ2) is 8.19. The second-order valence-corrected chi connectivity index (χ2v) is 5.80. The molecule has 2 aromatic rings. The number of amides is 1. The first-order chi connectivity index (χ1) is 11.1. The van der Waals surface area contributed by atoms with Gasteiger partial charge in [0.2, 0.25) is 6.41 Å². The molecule has 0 bridgehead atoms. The number of anilines is 1. The summed E-state index contributed by atoms with van der Waals surface area (Å²) in [6, 6.07) is 7.99. The van der Waals surface area contributed by atoms with E-state index in [4.69, 9.17) is 0 Å². The molecule has 1 aromatic heterocycles. The minimum atomic E-state index is 0.587. The molecular formula is C18H19N3OS. The molecule has 23 heavy (non-hydrogen) atoms. The van der Waals surface area contributed by atoms with Crippen LogP contribution in [0.1, 0.15) is 25.8 Å². The van der Waals surface area contributed by atoms with E-state index in [1.165, 1.54) is 11.3 Å². The second-order valence-electron chi connectivity index (χ2n) is 4.94. The van der Waals surface area contributed by atoms with Gasteiger partial charge in [0.25, 0.3) is 0 Å². The quantitative estimate of drug-likeness (QED) is 0.452. The molecule has 4 nitrogen and oxygen atoms in total. The highest BCUT2D eigenvalue weighted by atomic mass is 32.1. The van der Waals surface area contributed by atoms with Crippen molar-refractivity contribution < 1.29 is 4.79 Å². The van der Waals surface area contributed by atoms with Crippen LogP contribution in [0.2, 0.25) is 0 Å². The number of thiazole rings is 1. The summed E-state index contributed by atoms with van der Waals surface area (Å²) < 4.78 is 0. The third kappa shape index (κ3) is 4.72. The van der Waals surface area contributed by atoms with Crippen LogP contribution in [0.3, 0.4) is 0 Å². The minimum Gasteiger partial charge on any atom is -0.305 e. The molecule has 2 rings (SSSR count). The van der Waals surface area contributed by atoms with Gasteiger partial charge in [0.1, 0.15) is 0 Å². The summed E-state index contributed by atoms with van der Waals surface area (Å²) in [5.41, 5.74) is 4.81. The van der Waals surface area contributed by atoms with Crippen molar-refractivity contribution in [2.45, 2.75) is 20.3 Å². The average Bonchev–Trinajstić information content (AvgIpc) is 3.03. The maximum absolute atomic E-state index is 10.5. The fraction of sp³-hybridized carbons (Fsp3) is 0.167. The van der Waals surface area contributed by atoms with Crippen molar-refractivity contribution in [1.29, 1.82) is 0 Å². The van der Waals surface area contributed by atoms with Crippen molar-refractivity contribution in [2.24, 2.45) is 4.99 Å². The first-order valence-electron chi connectivity index (χ1n) is 7.29. The van der Waals surface area contributed by atoms with Gasteiger partial charge in [-0.25, -0.2) is 4.98 Å². The van der Waals surface area contributed by atoms with E-state index in [9.17, 15) is 4.79 Å². The van der Waals surface area contributed by atoms with E-state index in [1.54, 1.807) is 6.20 Å². The van der Waals surface area contributed by atoms with Gasteiger partial charge in [0.05, 0.1) is 5.69 Å². The van der Waals surface area contributed by atoms with Crippen LogP contribution in [0.4, 0.5) is 5.13 Å². The molecule has 1 heterocycles. The Bertz CT molecular complexity index is 759. The lowest BCUT2D eigenvalue weighted by Gasteiger charge is -2.03. The Balaban J connectivity index is 2.18. The molecular weight excluding hydrogens is 306 g/mol. The number of rotatable bonds is 7. The number of aromatic nitrogens is 1. The Morgan fingerprint density at radius 2 is 2.30 bits per heavy atom. The van der Waals surface area contributed by atoms with E-state index in [-0.39, 0.29) is 0 Å². The van der Waals surface area contributed by atoms with Gasteiger partial charge in [0.15, 0.2) is 5.13 Å². The number of benzene rings is 1. The summed E-state index contributed by atoms with van der Waals surface area (Å²) in [5, 5.41) is 5.06. The third-order valence-electron chi connectivity index (χ3n) is 3.30. The van der Waals surface area contributed by atoms with Crippen molar-refractivity contribution in [3.8, 4) is 11.3 Å². The molecule has 0 aliphatic carbocycles. The van der Waals surface area contributed by atoms with E-state index >= 15 is 0 Å². The molecule has 0 atom stereocenters. The molecule has 1 amide bonds. The highest BCUT2D eigenvalue weighted by Crippen LogP contribution is 2.27. The number of nitrogens with one attached hydrogen (secondary N) is 1. The normalized spacial score (nSPS) is 11.7. The summed E-state index contributed by atoms with van der Waals surface area (Å²) in [4.78, 5) is 19.2. The SMILES string of the molecule is C=C(/C=C\N=C(C)CC)c1cccc(-c2csc(NC=O)n2)c1. The van der Waals surface area contributed by atoms with E-state index in [1.807, 2.05) is 42.6 Å². The van der Waals surface area contributed by atoms with E-state index in [2.05, 4.69) is 28.8 Å². The predicted molar refractivity (Wildman–Crippen MR) is 98.8 cm³/mol. The van der Waals surface area contributed by atoms with Gasteiger partial charge in [-0.2, -0.15) is 0 Å². The fourth-order valence-electron chi connectivity index (χ4n) is 1.84. The van der Waals surface area contributed by atoms with Crippen molar-refractivity contribution >= 4 is 34.2 Å². The monoisotopic (exact) mass is 325 g/mol. The van der Waals surface area contributed by atoms with Crippen LogP contribution >= 0.6 is 11.3 Å². The first kappa shape index (κ1) is 16.8. The van der Waals surface area contributed by atoms with Gasteiger partial charge in [-0.3, -0.25) is 9.79 Å². The van der Waals surface area contributed by atoms with Gasteiger partial charge in [-0.05, 0) is 36.6 Å². The molecule has 0 unspecified atom stereocenters. The number of hydrogen-bond acceptors (Lipinski definition) is 4. The highest BCUT2D eigenvalue weighted by Gasteiger charge is 2.05. The molecule has 0 spiro atoms. The lowest BCUT2D eigenvalue weighted by Crippen LogP contribution is -1.92. The van der Waals surface area contributed by atoms with Crippen LogP contribution in [0.15, 0.2) is 53.5 Å². The molecule has 118 valence electrons. The Morgan fingerprint density at radius 1 is 1.48 bits per heavy atom. The Morgan fingerprint density at radius 3 is 3.04 bits per heavy atom. The summed E-state index contributed by atoms with van der Waals surface area (Å²) >= 11 is 1.40. The van der Waals surface area contributed by atoms with Crippen molar-refractivity contribution in [1.82, 2.24) is 4.98 Å². The summed E-state index contributed by atoms with van der Waals surface area (Å²) in [7, 11) is 0. The smallest absolute Gasteiger partial charge is 0.213 e. The zero-order valence-electron chi connectivity index (χ0n) is 13.2. The molecule has 0 fully saturated rings. The van der Waals surface area contributed by atoms with Crippen LogP contribution < -0.4 is 5.32 Å². The van der Waals surface area contributed by atoms with E-state index < -0.39 is 0 Å². The molecule has 5 heteroatoms. The molecule has 1 N–H and O–H groups in total. The molecule has 0 aliphatic heterocycles. The molecule has 0 saturated heterocycles. The highest BCUT2D eigenvalue weighted by molar-refractivity contribution is 7.14. The Hall–Kier alpha value is -2.53. The molecule has 1 aromatic carbocycles. The topological polar surface area (TPSA) is 54.4 Å². The summed E-state index contributed by atoms with van der Waals surface area (Å²) in [5.74, 6) is 0. The lowest BCUT2D eigenvalue weighted by molar-refractivity contribution is -0.105. The zero-order valence-corrected chi connectivity index (χ0v) is 14.1. The van der Waals surface area contributed by atoms with Crippen molar-refractivity contribution in [3.63, 3.8) is 0 Å². The van der Waals surface area contributed by atoms with Crippen LogP contribution in [0.5, 0.6) is 0 Å². The lowest BCUT2D eigenvalue weighted by atomic mass is 10.0. The number of nitrogens with zero attached hydrogens (tertiary/aromatic N) is 2. The fourth-order valence-corrected chi connectivity index (χ4v) is 2.52. The number of carbonyl (C=O) groups is 1. The van der Waals surface area contributed by atoms with Crippen LogP contribution in [-0.2, 0) is 4.79 Å². The van der Waals surface area contributed by atoms with Gasteiger partial charge < -0.3 is 5.32 Å². The van der Waals surface area contributed by atoms with E-state index in [0.717, 1.165) is 34.5 Å². The van der Waals surface area contributed by atoms with E-state index in [0.29, 0.717) is 11.5 Å². The van der Waals surface area contributed by atoms with Crippen molar-refractivity contribution in [2.75, 3.05) is 5.32 Å². The molecule has 0 saturated carbocycles. The molecule has 0 aliphatic rings. The number of allylic oxidation sites excluding steroid dienone is 2. The maximum atomic E-state index is 10.5. The van der Waals surface area contributed by atoms with Crippen LogP contribution in [0, 0.1) is 0 Å². The standard InChI is InChI=1S/C18H19N3OS/c1-4-14(3)19-9-8-13(2)15-6-5-7-16(10-15)17-11-23-18(21-17)20-12-22/h5-12H,2,4H2,1,3H3,(H,20,21,22)/b9-8-,19-14?. The van der Waals surface area contributed by atoms with Crippen molar-refractivity contribution in [3.05, 3.63) is 54.1 Å². The van der Waals surface area contributed by atoms with Crippen LogP contribution in [0.25, 0.3) is 16.8 Å². The number of hydrogen-bond donors (Lipinski definition) is 1. The summed E-state index contributed by atoms with van der Waals surface area (Å²) in [6.07, 6.45) is 5.25.